The van der Waals surface area contributed by atoms with Gasteiger partial charge in [-0.1, -0.05) is 32.9 Å². The van der Waals surface area contributed by atoms with Crippen molar-refractivity contribution >= 4 is 5.91 Å². The number of carbonyl (C=O) groups is 1. The highest BCUT2D eigenvalue weighted by molar-refractivity contribution is 5.77. The molecule has 0 aliphatic heterocycles. The summed E-state index contributed by atoms with van der Waals surface area (Å²) in [6.45, 7) is 8.33. The van der Waals surface area contributed by atoms with Gasteiger partial charge in [0.2, 0.25) is 0 Å². The Morgan fingerprint density at radius 3 is 2.45 bits per heavy atom. The number of carbonyl (C=O) groups excluding carboxylic acids is 1. The molecule has 2 aromatic rings. The summed E-state index contributed by atoms with van der Waals surface area (Å²) >= 11 is 0. The summed E-state index contributed by atoms with van der Waals surface area (Å²) in [7, 11) is 0. The molecule has 1 aromatic carbocycles. The third kappa shape index (κ3) is 4.38. The van der Waals surface area contributed by atoms with Gasteiger partial charge >= 0.3 is 0 Å². The van der Waals surface area contributed by atoms with Crippen LogP contribution in [-0.4, -0.2) is 12.5 Å². The fourth-order valence-corrected chi connectivity index (χ4v) is 2.09. The summed E-state index contributed by atoms with van der Waals surface area (Å²) in [4.78, 5) is 11.9. The largest absolute Gasteiger partial charge is 0.484 e. The first-order valence-corrected chi connectivity index (χ1v) is 7.42. The van der Waals surface area contributed by atoms with E-state index >= 15 is 0 Å². The third-order valence-electron chi connectivity index (χ3n) is 3.44. The molecule has 0 aliphatic rings. The number of benzene rings is 1. The lowest BCUT2D eigenvalue weighted by Crippen LogP contribution is -2.31. The van der Waals surface area contributed by atoms with Gasteiger partial charge in [-0.2, -0.15) is 0 Å². The molecule has 22 heavy (non-hydrogen) atoms. The van der Waals surface area contributed by atoms with Crippen molar-refractivity contribution in [3.8, 4) is 5.75 Å². The highest BCUT2D eigenvalue weighted by atomic mass is 16.5. The van der Waals surface area contributed by atoms with E-state index in [-0.39, 0.29) is 24.0 Å². The minimum absolute atomic E-state index is 0.0140. The Kier molecular flexibility index (Phi) is 4.91. The van der Waals surface area contributed by atoms with Gasteiger partial charge in [0.05, 0.1) is 12.3 Å². The van der Waals surface area contributed by atoms with Gasteiger partial charge in [0.25, 0.3) is 5.91 Å². The summed E-state index contributed by atoms with van der Waals surface area (Å²) < 4.78 is 10.8. The van der Waals surface area contributed by atoms with Gasteiger partial charge < -0.3 is 14.5 Å². The second-order valence-electron chi connectivity index (χ2n) is 6.37. The van der Waals surface area contributed by atoms with Crippen LogP contribution in [0.3, 0.4) is 0 Å². The van der Waals surface area contributed by atoms with Crippen LogP contribution in [0.2, 0.25) is 0 Å². The second-order valence-corrected chi connectivity index (χ2v) is 6.37. The van der Waals surface area contributed by atoms with E-state index in [1.54, 1.807) is 12.3 Å². The van der Waals surface area contributed by atoms with Crippen LogP contribution in [0, 0.1) is 0 Å². The van der Waals surface area contributed by atoms with E-state index in [0.717, 1.165) is 5.76 Å². The lowest BCUT2D eigenvalue weighted by atomic mass is 9.87. The molecule has 0 spiro atoms. The monoisotopic (exact) mass is 301 g/mol. The van der Waals surface area contributed by atoms with Gasteiger partial charge in [-0.05, 0) is 42.2 Å². The molecule has 2 rings (SSSR count). The predicted molar refractivity (Wildman–Crippen MR) is 85.9 cm³/mol. The number of nitrogens with one attached hydrogen (secondary N) is 1. The molecule has 4 nitrogen and oxygen atoms in total. The molecule has 0 aliphatic carbocycles. The Labute approximate surface area is 131 Å². The molecule has 0 unspecified atom stereocenters. The van der Waals surface area contributed by atoms with Crippen LogP contribution >= 0.6 is 0 Å². The number of furan rings is 1. The molecule has 1 amide bonds. The summed E-state index contributed by atoms with van der Waals surface area (Å²) in [5, 5.41) is 2.83. The number of amides is 1. The van der Waals surface area contributed by atoms with Crippen LogP contribution in [-0.2, 0) is 10.2 Å². The molecular formula is C18H23NO3. The maximum atomic E-state index is 11.9. The molecule has 0 radical (unpaired) electrons. The molecule has 0 saturated carbocycles. The van der Waals surface area contributed by atoms with Crippen LogP contribution in [0.25, 0.3) is 0 Å². The first-order valence-electron chi connectivity index (χ1n) is 7.42. The van der Waals surface area contributed by atoms with Crippen molar-refractivity contribution in [1.29, 1.82) is 0 Å². The van der Waals surface area contributed by atoms with Crippen LogP contribution in [0.4, 0.5) is 0 Å². The van der Waals surface area contributed by atoms with Crippen molar-refractivity contribution < 1.29 is 13.9 Å². The van der Waals surface area contributed by atoms with Crippen molar-refractivity contribution in [3.05, 3.63) is 54.0 Å². The molecule has 0 saturated heterocycles. The van der Waals surface area contributed by atoms with Crippen LogP contribution in [0.15, 0.2) is 47.1 Å². The minimum Gasteiger partial charge on any atom is -0.484 e. The maximum Gasteiger partial charge on any atom is 0.258 e. The van der Waals surface area contributed by atoms with E-state index in [1.807, 2.05) is 37.3 Å². The Bertz CT molecular complexity index is 594. The van der Waals surface area contributed by atoms with Crippen molar-refractivity contribution in [2.24, 2.45) is 0 Å². The van der Waals surface area contributed by atoms with Crippen molar-refractivity contribution in [1.82, 2.24) is 5.32 Å². The Morgan fingerprint density at radius 1 is 1.23 bits per heavy atom. The maximum absolute atomic E-state index is 11.9. The molecule has 0 fully saturated rings. The topological polar surface area (TPSA) is 51.5 Å². The number of rotatable bonds is 5. The van der Waals surface area contributed by atoms with Gasteiger partial charge in [-0.25, -0.2) is 0 Å². The van der Waals surface area contributed by atoms with Crippen LogP contribution in [0.1, 0.15) is 45.1 Å². The molecule has 1 atom stereocenters. The Morgan fingerprint density at radius 2 is 1.91 bits per heavy atom. The Hall–Kier alpha value is -2.23. The summed E-state index contributed by atoms with van der Waals surface area (Å²) in [6.07, 6.45) is 1.59. The van der Waals surface area contributed by atoms with E-state index in [0.29, 0.717) is 5.75 Å². The first kappa shape index (κ1) is 16.1. The van der Waals surface area contributed by atoms with Gasteiger partial charge in [0.1, 0.15) is 11.5 Å². The van der Waals surface area contributed by atoms with E-state index in [9.17, 15) is 4.79 Å². The molecule has 4 heteroatoms. The molecule has 1 aromatic heterocycles. The zero-order valence-electron chi connectivity index (χ0n) is 13.6. The zero-order valence-corrected chi connectivity index (χ0v) is 13.6. The molecule has 1 N–H and O–H groups in total. The molecule has 0 bridgehead atoms. The van der Waals surface area contributed by atoms with Gasteiger partial charge in [0.15, 0.2) is 6.61 Å². The average Bonchev–Trinajstić information content (AvgIpc) is 2.99. The van der Waals surface area contributed by atoms with E-state index in [2.05, 4.69) is 26.1 Å². The second kappa shape index (κ2) is 6.69. The summed E-state index contributed by atoms with van der Waals surface area (Å²) in [5.74, 6) is 1.24. The summed E-state index contributed by atoms with van der Waals surface area (Å²) in [5.41, 5.74) is 1.34. The predicted octanol–water partition coefficient (Wildman–Crippen LogP) is 3.83. The standard InChI is InChI=1S/C18H23NO3/c1-13(16-6-5-11-21-16)19-17(20)12-22-15-9-7-14(8-10-15)18(2,3)4/h5-11,13H,12H2,1-4H3,(H,19,20)/t13-/m0/s1. The third-order valence-corrected chi connectivity index (χ3v) is 3.44. The van der Waals surface area contributed by atoms with Crippen LogP contribution in [0.5, 0.6) is 5.75 Å². The highest BCUT2D eigenvalue weighted by Crippen LogP contribution is 2.24. The van der Waals surface area contributed by atoms with E-state index < -0.39 is 0 Å². The van der Waals surface area contributed by atoms with Gasteiger partial charge in [0, 0.05) is 0 Å². The van der Waals surface area contributed by atoms with Crippen molar-refractivity contribution in [2.45, 2.75) is 39.2 Å². The molecule has 118 valence electrons. The Balaban J connectivity index is 1.83. The van der Waals surface area contributed by atoms with E-state index in [1.165, 1.54) is 5.56 Å². The fraction of sp³-hybridized carbons (Fsp3) is 0.389. The van der Waals surface area contributed by atoms with Crippen molar-refractivity contribution in [2.75, 3.05) is 6.61 Å². The molecule has 1 heterocycles. The number of ether oxygens (including phenoxy) is 1. The normalized spacial score (nSPS) is 12.7. The van der Waals surface area contributed by atoms with Crippen molar-refractivity contribution in [3.63, 3.8) is 0 Å². The highest BCUT2D eigenvalue weighted by Gasteiger charge is 2.14. The summed E-state index contributed by atoms with van der Waals surface area (Å²) in [6, 6.07) is 11.3. The SMILES string of the molecule is C[C@H](NC(=O)COc1ccc(C(C)(C)C)cc1)c1ccco1. The lowest BCUT2D eigenvalue weighted by molar-refractivity contribution is -0.123. The average molecular weight is 301 g/mol. The van der Waals surface area contributed by atoms with Crippen LogP contribution < -0.4 is 10.1 Å². The number of hydrogen-bond acceptors (Lipinski definition) is 3. The van der Waals surface area contributed by atoms with Gasteiger partial charge in [-0.15, -0.1) is 0 Å². The quantitative estimate of drug-likeness (QED) is 0.913. The zero-order chi connectivity index (χ0) is 16.2. The van der Waals surface area contributed by atoms with E-state index in [4.69, 9.17) is 9.15 Å². The molecular weight excluding hydrogens is 278 g/mol. The fourth-order valence-electron chi connectivity index (χ4n) is 2.09. The smallest absolute Gasteiger partial charge is 0.258 e. The number of hydrogen-bond donors (Lipinski definition) is 1. The lowest BCUT2D eigenvalue weighted by Gasteiger charge is -2.19. The first-order chi connectivity index (χ1) is 10.4. The van der Waals surface area contributed by atoms with Gasteiger partial charge in [-0.3, -0.25) is 4.79 Å². The minimum atomic E-state index is -0.177.